The summed E-state index contributed by atoms with van der Waals surface area (Å²) in [5.41, 5.74) is 0.350. The fraction of sp³-hybridized carbons (Fsp3) is 0.571. The highest BCUT2D eigenvalue weighted by Gasteiger charge is 2.06. The second-order valence-corrected chi connectivity index (χ2v) is 3.54. The van der Waals surface area contributed by atoms with Gasteiger partial charge in [-0.1, -0.05) is 13.0 Å². The molecule has 0 saturated carbocycles. The zero-order chi connectivity index (χ0) is 12.6. The summed E-state index contributed by atoms with van der Waals surface area (Å²) in [5.74, 6) is -0.869. The number of likely N-dealkylation sites (N-methyl/N-ethyl adjacent to an activating group) is 1. The van der Waals surface area contributed by atoms with Crippen LogP contribution in [0.4, 0.5) is 0 Å². The number of carbonyl (C=O) groups is 1. The Labute approximate surface area is 88.6 Å². The zero-order valence-corrected chi connectivity index (χ0v) is 9.52. The van der Waals surface area contributed by atoms with Gasteiger partial charge in [-0.2, -0.15) is 8.42 Å². The van der Waals surface area contributed by atoms with Crippen LogP contribution >= 0.6 is 0 Å². The highest BCUT2D eigenvalue weighted by Crippen LogP contribution is 1.99. The summed E-state index contributed by atoms with van der Waals surface area (Å²) in [7, 11) is -1.23. The van der Waals surface area contributed by atoms with E-state index in [-0.39, 0.29) is 0 Å². The second kappa shape index (κ2) is 7.21. The normalized spacial score (nSPS) is 11.4. The summed E-state index contributed by atoms with van der Waals surface area (Å²) >= 11 is 0. The molecule has 0 atom stereocenters. The van der Waals surface area contributed by atoms with Crippen LogP contribution in [0.1, 0.15) is 13.3 Å². The van der Waals surface area contributed by atoms with Crippen LogP contribution in [0.15, 0.2) is 11.8 Å². The van der Waals surface area contributed by atoms with Gasteiger partial charge in [-0.3, -0.25) is 9.11 Å². The fourth-order valence-electron chi connectivity index (χ4n) is 0.655. The van der Waals surface area contributed by atoms with E-state index in [0.717, 1.165) is 6.42 Å². The molecule has 0 aromatic heterocycles. The minimum Gasteiger partial charge on any atom is -0.477 e. The molecule has 15 heavy (non-hydrogen) atoms. The molecule has 0 aliphatic heterocycles. The number of aliphatic carboxylic acids is 1. The van der Waals surface area contributed by atoms with Crippen LogP contribution in [-0.4, -0.2) is 47.6 Å². The third-order valence-corrected chi connectivity index (χ3v) is 1.10. The minimum absolute atomic E-state index is 0.350. The molecule has 0 aromatic rings. The molecule has 0 amide bonds. The van der Waals surface area contributed by atoms with Gasteiger partial charge in [0.15, 0.2) is 0 Å². The first-order chi connectivity index (χ1) is 6.59. The van der Waals surface area contributed by atoms with E-state index in [1.165, 1.54) is 0 Å². The summed E-state index contributed by atoms with van der Waals surface area (Å²) in [6.45, 7) is 1.91. The maximum atomic E-state index is 10.4. The molecule has 0 saturated heterocycles. The largest absolute Gasteiger partial charge is 0.477 e. The summed E-state index contributed by atoms with van der Waals surface area (Å²) in [6, 6.07) is 0. The molecular formula is C7H15NO6S. The van der Waals surface area contributed by atoms with E-state index in [0.29, 0.717) is 5.70 Å². The predicted octanol–water partition coefficient (Wildman–Crippen LogP) is 0.274. The minimum atomic E-state index is -4.67. The highest BCUT2D eigenvalue weighted by molar-refractivity contribution is 7.79. The number of nitrogens with zero attached hydrogens (tertiary/aromatic N) is 1. The SMILES string of the molecule is CC/C=C(\C(=O)O)N(C)C.O=S(=O)(O)O. The van der Waals surface area contributed by atoms with Gasteiger partial charge < -0.3 is 10.0 Å². The number of rotatable bonds is 3. The Morgan fingerprint density at radius 3 is 1.73 bits per heavy atom. The molecule has 0 unspecified atom stereocenters. The van der Waals surface area contributed by atoms with Gasteiger partial charge in [0, 0.05) is 14.1 Å². The van der Waals surface area contributed by atoms with Crippen molar-refractivity contribution in [2.75, 3.05) is 14.1 Å². The Morgan fingerprint density at radius 1 is 1.33 bits per heavy atom. The Balaban J connectivity index is 0. The van der Waals surface area contributed by atoms with Gasteiger partial charge in [0.25, 0.3) is 0 Å². The van der Waals surface area contributed by atoms with Crippen molar-refractivity contribution in [1.29, 1.82) is 0 Å². The third-order valence-electron chi connectivity index (χ3n) is 1.10. The van der Waals surface area contributed by atoms with Crippen LogP contribution in [-0.2, 0) is 15.2 Å². The smallest absolute Gasteiger partial charge is 0.394 e. The Kier molecular flexibility index (Phi) is 7.84. The van der Waals surface area contributed by atoms with Crippen molar-refractivity contribution < 1.29 is 27.4 Å². The average Bonchev–Trinajstić information content (AvgIpc) is 1.95. The lowest BCUT2D eigenvalue weighted by atomic mass is 10.3. The van der Waals surface area contributed by atoms with E-state index in [4.69, 9.17) is 22.6 Å². The van der Waals surface area contributed by atoms with Crippen LogP contribution in [0.5, 0.6) is 0 Å². The highest BCUT2D eigenvalue weighted by atomic mass is 32.3. The van der Waals surface area contributed by atoms with E-state index in [1.54, 1.807) is 25.1 Å². The van der Waals surface area contributed by atoms with E-state index in [1.807, 2.05) is 6.92 Å². The van der Waals surface area contributed by atoms with Crippen LogP contribution in [0.2, 0.25) is 0 Å². The molecule has 7 nitrogen and oxygen atoms in total. The topological polar surface area (TPSA) is 115 Å². The monoisotopic (exact) mass is 241 g/mol. The average molecular weight is 241 g/mol. The molecule has 3 N–H and O–H groups in total. The molecule has 0 radical (unpaired) electrons. The van der Waals surface area contributed by atoms with E-state index >= 15 is 0 Å². The van der Waals surface area contributed by atoms with Crippen molar-refractivity contribution in [3.8, 4) is 0 Å². The second-order valence-electron chi connectivity index (χ2n) is 2.65. The van der Waals surface area contributed by atoms with Crippen molar-refractivity contribution in [3.63, 3.8) is 0 Å². The maximum Gasteiger partial charge on any atom is 0.394 e. The van der Waals surface area contributed by atoms with Crippen molar-refractivity contribution in [2.45, 2.75) is 13.3 Å². The van der Waals surface area contributed by atoms with Crippen molar-refractivity contribution in [2.24, 2.45) is 0 Å². The van der Waals surface area contributed by atoms with Crippen LogP contribution in [0.25, 0.3) is 0 Å². The number of hydrogen-bond acceptors (Lipinski definition) is 4. The summed E-state index contributed by atoms with van der Waals surface area (Å²) in [6.07, 6.45) is 2.43. The van der Waals surface area contributed by atoms with E-state index < -0.39 is 16.4 Å². The zero-order valence-electron chi connectivity index (χ0n) is 8.71. The fourth-order valence-corrected chi connectivity index (χ4v) is 0.655. The molecule has 0 aromatic carbocycles. The quantitative estimate of drug-likeness (QED) is 0.480. The standard InChI is InChI=1S/C7H13NO2.H2O4S/c1-4-5-6(7(9)10)8(2)3;1-5(2,3)4/h5H,4H2,1-3H3,(H,9,10);(H2,1,2,3,4)/b6-5+;. The molecule has 0 fully saturated rings. The molecule has 0 bridgehead atoms. The first-order valence-corrected chi connectivity index (χ1v) is 5.30. The van der Waals surface area contributed by atoms with E-state index in [9.17, 15) is 4.79 Å². The van der Waals surface area contributed by atoms with Gasteiger partial charge in [-0.25, -0.2) is 4.79 Å². The summed E-state index contributed by atoms with van der Waals surface area (Å²) < 4.78 is 31.6. The molecule has 8 heteroatoms. The van der Waals surface area contributed by atoms with Crippen LogP contribution in [0.3, 0.4) is 0 Å². The number of carboxylic acid groups (broad SMARTS) is 1. The first kappa shape index (κ1) is 16.3. The van der Waals surface area contributed by atoms with Crippen molar-refractivity contribution in [1.82, 2.24) is 4.90 Å². The van der Waals surface area contributed by atoms with Gasteiger partial charge >= 0.3 is 16.4 Å². The predicted molar refractivity (Wildman–Crippen MR) is 53.9 cm³/mol. The third kappa shape index (κ3) is 15.6. The number of carboxylic acids is 1. The lowest BCUT2D eigenvalue weighted by Crippen LogP contribution is -2.18. The van der Waals surface area contributed by atoms with Gasteiger partial charge in [-0.15, -0.1) is 0 Å². The molecule has 0 aliphatic carbocycles. The maximum absolute atomic E-state index is 10.4. The van der Waals surface area contributed by atoms with Crippen LogP contribution in [0, 0.1) is 0 Å². The summed E-state index contributed by atoms with van der Waals surface area (Å²) in [4.78, 5) is 12.0. The number of hydrogen-bond donors (Lipinski definition) is 3. The summed E-state index contributed by atoms with van der Waals surface area (Å²) in [5, 5.41) is 8.56. The molecule has 0 rings (SSSR count). The molecule has 0 spiro atoms. The van der Waals surface area contributed by atoms with Crippen molar-refractivity contribution in [3.05, 3.63) is 11.8 Å². The van der Waals surface area contributed by atoms with Gasteiger partial charge in [0.05, 0.1) is 0 Å². The molecule has 90 valence electrons. The van der Waals surface area contributed by atoms with Gasteiger partial charge in [0.1, 0.15) is 5.70 Å². The van der Waals surface area contributed by atoms with Crippen molar-refractivity contribution >= 4 is 16.4 Å². The van der Waals surface area contributed by atoms with E-state index in [2.05, 4.69) is 0 Å². The lowest BCUT2D eigenvalue weighted by molar-refractivity contribution is -0.134. The molecule has 0 aliphatic rings. The lowest BCUT2D eigenvalue weighted by Gasteiger charge is -2.11. The number of allylic oxidation sites excluding steroid dienone is 1. The Bertz CT molecular complexity index is 310. The first-order valence-electron chi connectivity index (χ1n) is 3.90. The molecule has 0 heterocycles. The Morgan fingerprint density at radius 2 is 1.67 bits per heavy atom. The molecular weight excluding hydrogens is 226 g/mol. The Hall–Kier alpha value is -1.12. The van der Waals surface area contributed by atoms with Crippen LogP contribution < -0.4 is 0 Å². The van der Waals surface area contributed by atoms with Gasteiger partial charge in [-0.05, 0) is 6.42 Å². The van der Waals surface area contributed by atoms with Gasteiger partial charge in [0.2, 0.25) is 0 Å².